The van der Waals surface area contributed by atoms with Crippen LogP contribution >= 0.6 is 11.3 Å². The molecule has 0 aromatic carbocycles. The van der Waals surface area contributed by atoms with E-state index in [0.29, 0.717) is 17.1 Å². The van der Waals surface area contributed by atoms with Gasteiger partial charge in [0.25, 0.3) is 5.91 Å². The molecule has 1 aliphatic carbocycles. The Hall–Kier alpha value is -2.47. The van der Waals surface area contributed by atoms with Crippen LogP contribution in [0.3, 0.4) is 0 Å². The number of carbonyl (C=O) groups is 1. The van der Waals surface area contributed by atoms with E-state index in [1.165, 1.54) is 48.3 Å². The number of pyridine rings is 2. The second-order valence-electron chi connectivity index (χ2n) is 6.75. The van der Waals surface area contributed by atoms with Crippen LogP contribution in [0.15, 0.2) is 30.6 Å². The van der Waals surface area contributed by atoms with E-state index in [9.17, 15) is 4.79 Å². The maximum absolute atomic E-state index is 12.6. The van der Waals surface area contributed by atoms with E-state index in [2.05, 4.69) is 16.4 Å². The maximum Gasteiger partial charge on any atom is 0.263 e. The quantitative estimate of drug-likeness (QED) is 0.737. The van der Waals surface area contributed by atoms with Gasteiger partial charge in [0.1, 0.15) is 9.71 Å². The van der Waals surface area contributed by atoms with E-state index < -0.39 is 0 Å². The first-order valence-electron chi connectivity index (χ1n) is 9.10. The number of aryl methyl sites for hydroxylation is 2. The molecule has 0 atom stereocenters. The molecular formula is C20H22N4OS. The molecule has 5 nitrogen and oxygen atoms in total. The average molecular weight is 366 g/mol. The number of aromatic nitrogens is 2. The molecule has 3 aromatic heterocycles. The largest absolute Gasteiger partial charge is 0.397 e. The van der Waals surface area contributed by atoms with Gasteiger partial charge in [-0.15, -0.1) is 11.3 Å². The van der Waals surface area contributed by atoms with Crippen LogP contribution in [0.5, 0.6) is 0 Å². The third kappa shape index (κ3) is 3.42. The molecule has 4 rings (SSSR count). The molecule has 0 saturated heterocycles. The normalized spacial score (nSPS) is 14.5. The molecule has 0 radical (unpaired) electrons. The van der Waals surface area contributed by atoms with Crippen molar-refractivity contribution in [2.75, 3.05) is 5.73 Å². The summed E-state index contributed by atoms with van der Waals surface area (Å²) in [6, 6.07) is 5.95. The van der Waals surface area contributed by atoms with Gasteiger partial charge in [0.2, 0.25) is 0 Å². The van der Waals surface area contributed by atoms with Gasteiger partial charge in [-0.1, -0.05) is 18.9 Å². The van der Waals surface area contributed by atoms with Gasteiger partial charge in [-0.3, -0.25) is 9.78 Å². The summed E-state index contributed by atoms with van der Waals surface area (Å²) < 4.78 is 0. The summed E-state index contributed by atoms with van der Waals surface area (Å²) >= 11 is 1.39. The van der Waals surface area contributed by atoms with Gasteiger partial charge in [0.15, 0.2) is 0 Å². The molecule has 0 unspecified atom stereocenters. The molecule has 6 heteroatoms. The van der Waals surface area contributed by atoms with Crippen LogP contribution in [0.25, 0.3) is 10.2 Å². The van der Waals surface area contributed by atoms with E-state index in [1.54, 1.807) is 12.4 Å². The molecule has 1 aliphatic rings. The monoisotopic (exact) mass is 366 g/mol. The van der Waals surface area contributed by atoms with Crippen molar-refractivity contribution in [3.8, 4) is 0 Å². The molecule has 1 amide bonds. The van der Waals surface area contributed by atoms with Crippen molar-refractivity contribution in [3.05, 3.63) is 52.3 Å². The lowest BCUT2D eigenvalue weighted by Crippen LogP contribution is -2.22. The van der Waals surface area contributed by atoms with Crippen LogP contribution in [-0.2, 0) is 19.4 Å². The Balaban J connectivity index is 1.61. The minimum absolute atomic E-state index is 0.151. The van der Waals surface area contributed by atoms with Crippen LogP contribution in [0, 0.1) is 0 Å². The van der Waals surface area contributed by atoms with E-state index in [4.69, 9.17) is 10.7 Å². The smallest absolute Gasteiger partial charge is 0.263 e. The number of carbonyl (C=O) groups excluding carboxylic acids is 1. The molecule has 3 N–H and O–H groups in total. The summed E-state index contributed by atoms with van der Waals surface area (Å²) in [5.74, 6) is -0.151. The second-order valence-corrected chi connectivity index (χ2v) is 7.75. The fourth-order valence-electron chi connectivity index (χ4n) is 3.45. The average Bonchev–Trinajstić information content (AvgIpc) is 2.96. The molecule has 0 spiro atoms. The van der Waals surface area contributed by atoms with Crippen LogP contribution in [-0.4, -0.2) is 15.9 Å². The number of nitrogens with zero attached hydrogens (tertiary/aromatic N) is 2. The zero-order valence-electron chi connectivity index (χ0n) is 14.6. The first-order chi connectivity index (χ1) is 12.7. The Morgan fingerprint density at radius 1 is 1.23 bits per heavy atom. The number of amides is 1. The van der Waals surface area contributed by atoms with Gasteiger partial charge in [0.05, 0.1) is 5.69 Å². The van der Waals surface area contributed by atoms with Crippen molar-refractivity contribution < 1.29 is 4.79 Å². The van der Waals surface area contributed by atoms with Gasteiger partial charge in [-0.05, 0) is 48.9 Å². The molecule has 0 aliphatic heterocycles. The van der Waals surface area contributed by atoms with Gasteiger partial charge in [-0.25, -0.2) is 4.98 Å². The van der Waals surface area contributed by atoms with Crippen LogP contribution in [0.4, 0.5) is 5.69 Å². The molecular weight excluding hydrogens is 344 g/mol. The number of nitrogens with two attached hydrogens (primary N) is 1. The van der Waals surface area contributed by atoms with Crippen molar-refractivity contribution in [1.29, 1.82) is 0 Å². The highest BCUT2D eigenvalue weighted by atomic mass is 32.1. The van der Waals surface area contributed by atoms with E-state index in [-0.39, 0.29) is 5.91 Å². The van der Waals surface area contributed by atoms with Crippen molar-refractivity contribution in [3.63, 3.8) is 0 Å². The van der Waals surface area contributed by atoms with Crippen LogP contribution in [0.1, 0.15) is 52.2 Å². The molecule has 134 valence electrons. The summed E-state index contributed by atoms with van der Waals surface area (Å²) in [7, 11) is 0. The lowest BCUT2D eigenvalue weighted by Gasteiger charge is -2.12. The third-order valence-corrected chi connectivity index (χ3v) is 6.00. The minimum atomic E-state index is -0.151. The van der Waals surface area contributed by atoms with Gasteiger partial charge in [0, 0.05) is 30.0 Å². The number of rotatable bonds is 3. The minimum Gasteiger partial charge on any atom is -0.397 e. The van der Waals surface area contributed by atoms with Crippen molar-refractivity contribution in [1.82, 2.24) is 15.3 Å². The standard InChI is InChI=1S/C20H22N4OS/c21-17-15-10-14-7-3-1-2-4-8-16(14)24-20(15)26-18(17)19(25)23-12-13-6-5-9-22-11-13/h5-6,9-11H,1-4,7-8,12,21H2,(H,23,25). The zero-order chi connectivity index (χ0) is 17.9. The summed E-state index contributed by atoms with van der Waals surface area (Å²) in [5, 5.41) is 3.85. The first-order valence-corrected chi connectivity index (χ1v) is 9.92. The Kier molecular flexibility index (Phi) is 4.84. The summed E-state index contributed by atoms with van der Waals surface area (Å²) in [6.07, 6.45) is 10.5. The number of hydrogen-bond donors (Lipinski definition) is 2. The highest BCUT2D eigenvalue weighted by Crippen LogP contribution is 2.35. The van der Waals surface area contributed by atoms with Crippen molar-refractivity contribution >= 4 is 33.1 Å². The fraction of sp³-hybridized carbons (Fsp3) is 0.350. The molecule has 0 fully saturated rings. The fourth-order valence-corrected chi connectivity index (χ4v) is 4.46. The third-order valence-electron chi connectivity index (χ3n) is 4.88. The molecule has 26 heavy (non-hydrogen) atoms. The SMILES string of the molecule is Nc1c(C(=O)NCc2cccnc2)sc2nc3c(cc12)CCCCCC3. The van der Waals surface area contributed by atoms with E-state index in [0.717, 1.165) is 28.6 Å². The Bertz CT molecular complexity index is 936. The van der Waals surface area contributed by atoms with Crippen molar-refractivity contribution in [2.24, 2.45) is 0 Å². The highest BCUT2D eigenvalue weighted by Gasteiger charge is 2.19. The highest BCUT2D eigenvalue weighted by molar-refractivity contribution is 7.21. The van der Waals surface area contributed by atoms with Gasteiger partial charge < -0.3 is 11.1 Å². The van der Waals surface area contributed by atoms with Crippen LogP contribution < -0.4 is 11.1 Å². The molecule has 3 aromatic rings. The Morgan fingerprint density at radius 2 is 2.08 bits per heavy atom. The summed E-state index contributed by atoms with van der Waals surface area (Å²) in [4.78, 5) is 22.9. The zero-order valence-corrected chi connectivity index (χ0v) is 15.4. The van der Waals surface area contributed by atoms with E-state index >= 15 is 0 Å². The Labute approximate surface area is 156 Å². The number of nitrogen functional groups attached to an aromatic ring is 1. The topological polar surface area (TPSA) is 80.9 Å². The predicted molar refractivity (Wildman–Crippen MR) is 105 cm³/mol. The number of hydrogen-bond acceptors (Lipinski definition) is 5. The van der Waals surface area contributed by atoms with Crippen molar-refractivity contribution in [2.45, 2.75) is 45.1 Å². The Morgan fingerprint density at radius 3 is 2.88 bits per heavy atom. The number of nitrogens with one attached hydrogen (secondary N) is 1. The molecule has 0 saturated carbocycles. The van der Waals surface area contributed by atoms with Gasteiger partial charge in [-0.2, -0.15) is 0 Å². The maximum atomic E-state index is 12.6. The number of thiophene rings is 1. The van der Waals surface area contributed by atoms with Crippen LogP contribution in [0.2, 0.25) is 0 Å². The summed E-state index contributed by atoms with van der Waals surface area (Å²) in [5.41, 5.74) is 10.3. The summed E-state index contributed by atoms with van der Waals surface area (Å²) in [6.45, 7) is 0.435. The lowest BCUT2D eigenvalue weighted by atomic mass is 9.96. The molecule has 0 bridgehead atoms. The first kappa shape index (κ1) is 17.0. The lowest BCUT2D eigenvalue weighted by molar-refractivity contribution is 0.0956. The van der Waals surface area contributed by atoms with E-state index in [1.807, 2.05) is 12.1 Å². The predicted octanol–water partition coefficient (Wildman–Crippen LogP) is 3.86. The number of fused-ring (bicyclic) bond motifs is 2. The molecule has 3 heterocycles. The second kappa shape index (κ2) is 7.41. The number of anilines is 1. The van der Waals surface area contributed by atoms with Gasteiger partial charge >= 0.3 is 0 Å².